The highest BCUT2D eigenvalue weighted by atomic mass is 35.5. The van der Waals surface area contributed by atoms with Crippen molar-refractivity contribution in [3.05, 3.63) is 16.9 Å². The molecule has 1 aliphatic carbocycles. The van der Waals surface area contributed by atoms with E-state index in [2.05, 4.69) is 10.4 Å². The van der Waals surface area contributed by atoms with Crippen molar-refractivity contribution >= 4 is 17.4 Å². The number of aromatic nitrogens is 2. The summed E-state index contributed by atoms with van der Waals surface area (Å²) >= 11 is 6.01. The standard InChI is InChI=1S/C12H18ClN3O/c1-8(2)16-12(10(13)6-15-16)11(17)7-14-5-9-3-4-9/h6,8-9,14H,3-5,7H2,1-2H3. The molecule has 1 heterocycles. The third-order valence-electron chi connectivity index (χ3n) is 2.92. The summed E-state index contributed by atoms with van der Waals surface area (Å²) < 4.78 is 1.68. The zero-order valence-corrected chi connectivity index (χ0v) is 11.0. The van der Waals surface area contributed by atoms with Gasteiger partial charge in [-0.2, -0.15) is 5.10 Å². The number of hydrogen-bond acceptors (Lipinski definition) is 3. The van der Waals surface area contributed by atoms with Crippen molar-refractivity contribution in [3.8, 4) is 0 Å². The molecule has 0 spiro atoms. The lowest BCUT2D eigenvalue weighted by Gasteiger charge is -2.10. The van der Waals surface area contributed by atoms with Crippen LogP contribution in [0, 0.1) is 5.92 Å². The molecule has 94 valence electrons. The first-order chi connectivity index (χ1) is 8.09. The highest BCUT2D eigenvalue weighted by molar-refractivity contribution is 6.33. The maximum absolute atomic E-state index is 12.0. The Kier molecular flexibility index (Phi) is 3.84. The van der Waals surface area contributed by atoms with Crippen LogP contribution in [0.25, 0.3) is 0 Å². The molecule has 1 fully saturated rings. The van der Waals surface area contributed by atoms with Gasteiger partial charge in [-0.05, 0) is 39.2 Å². The predicted molar refractivity (Wildman–Crippen MR) is 67.5 cm³/mol. The minimum absolute atomic E-state index is 0.0156. The van der Waals surface area contributed by atoms with Crippen molar-refractivity contribution in [1.29, 1.82) is 0 Å². The average molecular weight is 256 g/mol. The quantitative estimate of drug-likeness (QED) is 0.794. The van der Waals surface area contributed by atoms with E-state index in [-0.39, 0.29) is 11.8 Å². The van der Waals surface area contributed by atoms with E-state index in [1.165, 1.54) is 19.0 Å². The van der Waals surface area contributed by atoms with Gasteiger partial charge in [0.2, 0.25) is 0 Å². The smallest absolute Gasteiger partial charge is 0.196 e. The first-order valence-electron chi connectivity index (χ1n) is 6.06. The Morgan fingerprint density at radius 2 is 2.35 bits per heavy atom. The number of carbonyl (C=O) groups is 1. The summed E-state index contributed by atoms with van der Waals surface area (Å²) in [6.45, 7) is 5.24. The maximum atomic E-state index is 12.0. The van der Waals surface area contributed by atoms with Crippen LogP contribution in [-0.2, 0) is 0 Å². The van der Waals surface area contributed by atoms with E-state index in [1.807, 2.05) is 13.8 Å². The minimum atomic E-state index is 0.0156. The molecule has 1 aromatic rings. The van der Waals surface area contributed by atoms with Crippen molar-refractivity contribution in [2.45, 2.75) is 32.7 Å². The Morgan fingerprint density at radius 3 is 2.94 bits per heavy atom. The number of halogens is 1. The molecule has 1 saturated carbocycles. The topological polar surface area (TPSA) is 46.9 Å². The lowest BCUT2D eigenvalue weighted by molar-refractivity contribution is 0.0979. The van der Waals surface area contributed by atoms with Crippen molar-refractivity contribution in [3.63, 3.8) is 0 Å². The van der Waals surface area contributed by atoms with Gasteiger partial charge in [-0.15, -0.1) is 0 Å². The van der Waals surface area contributed by atoms with Crippen molar-refractivity contribution in [2.75, 3.05) is 13.1 Å². The molecule has 1 N–H and O–H groups in total. The van der Waals surface area contributed by atoms with Gasteiger partial charge in [0.1, 0.15) is 5.69 Å². The molecule has 0 saturated heterocycles. The van der Waals surface area contributed by atoms with Crippen molar-refractivity contribution in [2.24, 2.45) is 5.92 Å². The normalized spacial score (nSPS) is 15.5. The van der Waals surface area contributed by atoms with Gasteiger partial charge in [-0.1, -0.05) is 11.6 Å². The molecule has 4 nitrogen and oxygen atoms in total. The molecule has 0 amide bonds. The molecule has 0 bridgehead atoms. The van der Waals surface area contributed by atoms with Crippen molar-refractivity contribution in [1.82, 2.24) is 15.1 Å². The second-order valence-corrected chi connectivity index (χ2v) is 5.28. The summed E-state index contributed by atoms with van der Waals surface area (Å²) in [5, 5.41) is 7.75. The predicted octanol–water partition coefficient (Wildman–Crippen LogP) is 2.30. The van der Waals surface area contributed by atoms with E-state index < -0.39 is 0 Å². The monoisotopic (exact) mass is 255 g/mol. The first kappa shape index (κ1) is 12.6. The summed E-state index contributed by atoms with van der Waals surface area (Å²) in [5.74, 6) is 0.787. The van der Waals surface area contributed by atoms with Crippen LogP contribution in [-0.4, -0.2) is 28.7 Å². The third-order valence-corrected chi connectivity index (χ3v) is 3.20. The van der Waals surface area contributed by atoms with Gasteiger partial charge >= 0.3 is 0 Å². The van der Waals surface area contributed by atoms with Crippen LogP contribution in [0.4, 0.5) is 0 Å². The van der Waals surface area contributed by atoms with Gasteiger partial charge in [-0.25, -0.2) is 0 Å². The maximum Gasteiger partial charge on any atom is 0.196 e. The van der Waals surface area contributed by atoms with Gasteiger partial charge in [-0.3, -0.25) is 9.48 Å². The van der Waals surface area contributed by atoms with Gasteiger partial charge in [0.25, 0.3) is 0 Å². The molecule has 0 radical (unpaired) electrons. The van der Waals surface area contributed by atoms with Crippen LogP contribution in [0.3, 0.4) is 0 Å². The van der Waals surface area contributed by atoms with Crippen LogP contribution in [0.1, 0.15) is 43.2 Å². The van der Waals surface area contributed by atoms with Crippen LogP contribution in [0.5, 0.6) is 0 Å². The molecule has 0 unspecified atom stereocenters. The number of Topliss-reactive ketones (excluding diaryl/α,β-unsaturated/α-hetero) is 1. The van der Waals surface area contributed by atoms with E-state index in [1.54, 1.807) is 4.68 Å². The first-order valence-corrected chi connectivity index (χ1v) is 6.44. The summed E-state index contributed by atoms with van der Waals surface area (Å²) in [6.07, 6.45) is 4.10. The highest BCUT2D eigenvalue weighted by Crippen LogP contribution is 2.27. The van der Waals surface area contributed by atoms with Gasteiger partial charge in [0.05, 0.1) is 17.8 Å². The lowest BCUT2D eigenvalue weighted by atomic mass is 10.2. The fourth-order valence-corrected chi connectivity index (χ4v) is 2.02. The lowest BCUT2D eigenvalue weighted by Crippen LogP contribution is -2.27. The van der Waals surface area contributed by atoms with Crippen LogP contribution < -0.4 is 5.32 Å². The molecular formula is C12H18ClN3O. The number of carbonyl (C=O) groups excluding carboxylic acids is 1. The molecule has 0 atom stereocenters. The SMILES string of the molecule is CC(C)n1ncc(Cl)c1C(=O)CNCC1CC1. The molecule has 1 aliphatic rings. The second kappa shape index (κ2) is 5.19. The van der Waals surface area contributed by atoms with E-state index >= 15 is 0 Å². The largest absolute Gasteiger partial charge is 0.309 e. The Hall–Kier alpha value is -0.870. The molecule has 0 aliphatic heterocycles. The summed E-state index contributed by atoms with van der Waals surface area (Å²) in [4.78, 5) is 12.0. The van der Waals surface area contributed by atoms with Gasteiger partial charge < -0.3 is 5.32 Å². The Balaban J connectivity index is 1.98. The third kappa shape index (κ3) is 3.07. The number of nitrogens with one attached hydrogen (secondary N) is 1. The van der Waals surface area contributed by atoms with E-state index in [9.17, 15) is 4.79 Å². The summed E-state index contributed by atoms with van der Waals surface area (Å²) in [5.41, 5.74) is 0.518. The van der Waals surface area contributed by atoms with E-state index in [4.69, 9.17) is 11.6 Å². The zero-order valence-electron chi connectivity index (χ0n) is 10.2. The molecule has 0 aromatic carbocycles. The molecule has 1 aromatic heterocycles. The summed E-state index contributed by atoms with van der Waals surface area (Å²) in [7, 11) is 0. The number of nitrogens with zero attached hydrogens (tertiary/aromatic N) is 2. The van der Waals surface area contributed by atoms with E-state index in [0.29, 0.717) is 17.3 Å². The molecule has 17 heavy (non-hydrogen) atoms. The summed E-state index contributed by atoms with van der Waals surface area (Å²) in [6, 6.07) is 0.143. The molecular weight excluding hydrogens is 238 g/mol. The Bertz CT molecular complexity index is 410. The fourth-order valence-electron chi connectivity index (χ4n) is 1.79. The molecule has 2 rings (SSSR count). The number of ketones is 1. The zero-order chi connectivity index (χ0) is 12.4. The minimum Gasteiger partial charge on any atom is -0.309 e. The van der Waals surface area contributed by atoms with Gasteiger partial charge in [0.15, 0.2) is 5.78 Å². The highest BCUT2D eigenvalue weighted by Gasteiger charge is 2.22. The second-order valence-electron chi connectivity index (χ2n) is 4.88. The number of hydrogen-bond donors (Lipinski definition) is 1. The van der Waals surface area contributed by atoms with Crippen LogP contribution >= 0.6 is 11.6 Å². The van der Waals surface area contributed by atoms with Gasteiger partial charge in [0, 0.05) is 6.04 Å². The van der Waals surface area contributed by atoms with Crippen LogP contribution in [0.15, 0.2) is 6.20 Å². The van der Waals surface area contributed by atoms with Crippen LogP contribution in [0.2, 0.25) is 5.02 Å². The Morgan fingerprint density at radius 1 is 1.65 bits per heavy atom. The van der Waals surface area contributed by atoms with Crippen molar-refractivity contribution < 1.29 is 4.79 Å². The molecule has 5 heteroatoms. The van der Waals surface area contributed by atoms with E-state index in [0.717, 1.165) is 12.5 Å². The fraction of sp³-hybridized carbons (Fsp3) is 0.667. The average Bonchev–Trinajstić information content (AvgIpc) is 2.99. The Labute approximate surface area is 106 Å². The number of rotatable bonds is 6.